The molecule has 0 spiro atoms. The van der Waals surface area contributed by atoms with Crippen LogP contribution >= 0.6 is 0 Å². The Bertz CT molecular complexity index is 647. The highest BCUT2D eigenvalue weighted by atomic mass is 16.5. The van der Waals surface area contributed by atoms with Crippen LogP contribution in [0.25, 0.3) is 0 Å². The van der Waals surface area contributed by atoms with Gasteiger partial charge in [-0.05, 0) is 55.0 Å². The summed E-state index contributed by atoms with van der Waals surface area (Å²) < 4.78 is 5.31. The highest BCUT2D eigenvalue weighted by Gasteiger charge is 2.08. The fourth-order valence-electron chi connectivity index (χ4n) is 2.29. The molecule has 0 amide bonds. The molecule has 0 aliphatic rings. The number of rotatable bonds is 8. The number of ether oxygens (including phenoxy) is 1. The van der Waals surface area contributed by atoms with E-state index in [0.29, 0.717) is 18.1 Å². The van der Waals surface area contributed by atoms with Crippen LogP contribution in [0.4, 0.5) is 5.69 Å². The molecule has 0 aliphatic heterocycles. The summed E-state index contributed by atoms with van der Waals surface area (Å²) >= 11 is 0. The third-order valence-electron chi connectivity index (χ3n) is 4.04. The van der Waals surface area contributed by atoms with Crippen LogP contribution in [0.2, 0.25) is 0 Å². The molecule has 0 aromatic heterocycles. The van der Waals surface area contributed by atoms with Gasteiger partial charge in [0.05, 0.1) is 17.9 Å². The van der Waals surface area contributed by atoms with Gasteiger partial charge < -0.3 is 4.74 Å². The van der Waals surface area contributed by atoms with E-state index in [1.807, 2.05) is 60.8 Å². The molecule has 2 aromatic rings. The molecule has 0 fully saturated rings. The Morgan fingerprint density at radius 1 is 1.12 bits per heavy atom. The maximum atomic E-state index is 12.0. The predicted molar refractivity (Wildman–Crippen MR) is 99.3 cm³/mol. The molecule has 2 aromatic carbocycles. The van der Waals surface area contributed by atoms with Crippen molar-refractivity contribution in [3.05, 3.63) is 65.7 Å². The third kappa shape index (κ3) is 5.65. The van der Waals surface area contributed by atoms with Crippen molar-refractivity contribution in [3.63, 3.8) is 0 Å². The Labute approximate surface area is 144 Å². The molecule has 3 heteroatoms. The van der Waals surface area contributed by atoms with Crippen molar-refractivity contribution in [1.29, 1.82) is 0 Å². The second-order valence-corrected chi connectivity index (χ2v) is 5.86. The molecule has 126 valence electrons. The number of nitrogens with zero attached hydrogens (tertiary/aromatic N) is 1. The lowest BCUT2D eigenvalue weighted by Crippen LogP contribution is -2.06. The van der Waals surface area contributed by atoms with E-state index in [-0.39, 0.29) is 5.97 Å². The number of aliphatic imine (C=N–C) groups is 1. The van der Waals surface area contributed by atoms with E-state index < -0.39 is 0 Å². The van der Waals surface area contributed by atoms with Gasteiger partial charge in [-0.3, -0.25) is 4.99 Å². The topological polar surface area (TPSA) is 38.7 Å². The van der Waals surface area contributed by atoms with Gasteiger partial charge in [0.2, 0.25) is 0 Å². The molecule has 0 N–H and O–H groups in total. The third-order valence-corrected chi connectivity index (χ3v) is 4.04. The van der Waals surface area contributed by atoms with Gasteiger partial charge in [0, 0.05) is 6.21 Å². The lowest BCUT2D eigenvalue weighted by Gasteiger charge is -2.09. The normalized spacial score (nSPS) is 12.2. The van der Waals surface area contributed by atoms with Crippen LogP contribution < -0.4 is 0 Å². The van der Waals surface area contributed by atoms with E-state index in [4.69, 9.17) is 4.74 Å². The number of unbranched alkanes of at least 4 members (excludes halogenated alkanes) is 1. The summed E-state index contributed by atoms with van der Waals surface area (Å²) in [4.78, 5) is 16.3. The SMILES string of the molecule is CCC(C)c1ccc(C(=O)OCCCC=Nc2ccccc2)cc1. The molecule has 3 nitrogen and oxygen atoms in total. The van der Waals surface area contributed by atoms with Crippen molar-refractivity contribution in [2.75, 3.05) is 6.61 Å². The molecule has 24 heavy (non-hydrogen) atoms. The summed E-state index contributed by atoms with van der Waals surface area (Å²) in [6.45, 7) is 4.75. The van der Waals surface area contributed by atoms with Gasteiger partial charge in [-0.2, -0.15) is 0 Å². The average molecular weight is 323 g/mol. The van der Waals surface area contributed by atoms with Crippen LogP contribution in [0.1, 0.15) is 54.9 Å². The first-order valence-corrected chi connectivity index (χ1v) is 8.55. The van der Waals surface area contributed by atoms with Crippen LogP contribution in [-0.2, 0) is 4.74 Å². The zero-order valence-electron chi connectivity index (χ0n) is 14.4. The van der Waals surface area contributed by atoms with Gasteiger partial charge in [-0.25, -0.2) is 4.79 Å². The van der Waals surface area contributed by atoms with Gasteiger partial charge >= 0.3 is 5.97 Å². The van der Waals surface area contributed by atoms with E-state index in [1.54, 1.807) is 0 Å². The number of hydrogen-bond acceptors (Lipinski definition) is 3. The van der Waals surface area contributed by atoms with Crippen molar-refractivity contribution < 1.29 is 9.53 Å². The zero-order chi connectivity index (χ0) is 17.2. The van der Waals surface area contributed by atoms with Gasteiger partial charge in [0.25, 0.3) is 0 Å². The van der Waals surface area contributed by atoms with Crippen LogP contribution in [0.3, 0.4) is 0 Å². The summed E-state index contributed by atoms with van der Waals surface area (Å²) in [7, 11) is 0. The maximum Gasteiger partial charge on any atom is 0.338 e. The van der Waals surface area contributed by atoms with Crippen molar-refractivity contribution in [3.8, 4) is 0 Å². The van der Waals surface area contributed by atoms with Gasteiger partial charge in [0.1, 0.15) is 0 Å². The number of esters is 1. The van der Waals surface area contributed by atoms with Crippen LogP contribution in [-0.4, -0.2) is 18.8 Å². The van der Waals surface area contributed by atoms with Crippen LogP contribution in [0.15, 0.2) is 59.6 Å². The van der Waals surface area contributed by atoms with Crippen molar-refractivity contribution in [2.45, 2.75) is 39.0 Å². The number of para-hydroxylation sites is 1. The molecular weight excluding hydrogens is 298 g/mol. The first-order chi connectivity index (χ1) is 11.7. The van der Waals surface area contributed by atoms with Crippen LogP contribution in [0.5, 0.6) is 0 Å². The highest BCUT2D eigenvalue weighted by Crippen LogP contribution is 2.19. The molecule has 0 saturated carbocycles. The second kappa shape index (κ2) is 9.66. The molecule has 0 aliphatic carbocycles. The van der Waals surface area contributed by atoms with E-state index in [0.717, 1.165) is 24.9 Å². The first kappa shape index (κ1) is 17.9. The molecule has 1 unspecified atom stereocenters. The quantitative estimate of drug-likeness (QED) is 0.363. The molecule has 0 heterocycles. The Balaban J connectivity index is 1.70. The second-order valence-electron chi connectivity index (χ2n) is 5.86. The Morgan fingerprint density at radius 2 is 1.83 bits per heavy atom. The van der Waals surface area contributed by atoms with Crippen LogP contribution in [0, 0.1) is 0 Å². The summed E-state index contributed by atoms with van der Waals surface area (Å²) in [6.07, 6.45) is 4.51. The summed E-state index contributed by atoms with van der Waals surface area (Å²) in [5, 5.41) is 0. The molecule has 0 radical (unpaired) electrons. The minimum Gasteiger partial charge on any atom is -0.462 e. The van der Waals surface area contributed by atoms with Crippen molar-refractivity contribution in [1.82, 2.24) is 0 Å². The summed E-state index contributed by atoms with van der Waals surface area (Å²) in [6, 6.07) is 17.5. The lowest BCUT2D eigenvalue weighted by atomic mass is 9.98. The zero-order valence-corrected chi connectivity index (χ0v) is 14.4. The maximum absolute atomic E-state index is 12.0. The van der Waals surface area contributed by atoms with Crippen molar-refractivity contribution >= 4 is 17.9 Å². The van der Waals surface area contributed by atoms with E-state index in [1.165, 1.54) is 5.56 Å². The fraction of sp³-hybridized carbons (Fsp3) is 0.333. The average Bonchev–Trinajstić information content (AvgIpc) is 2.64. The Kier molecular flexibility index (Phi) is 7.21. The summed E-state index contributed by atoms with van der Waals surface area (Å²) in [5.74, 6) is 0.254. The van der Waals surface area contributed by atoms with Gasteiger partial charge in [0.15, 0.2) is 0 Å². The predicted octanol–water partition coefficient (Wildman–Crippen LogP) is 5.54. The lowest BCUT2D eigenvalue weighted by molar-refractivity contribution is 0.0502. The minimum atomic E-state index is -0.259. The van der Waals surface area contributed by atoms with Gasteiger partial charge in [-0.1, -0.05) is 44.2 Å². The standard InChI is InChI=1S/C21H25NO2/c1-3-17(2)18-11-13-19(14-12-18)21(23)24-16-8-7-15-22-20-9-5-4-6-10-20/h4-6,9-15,17H,3,7-8,16H2,1-2H3. The summed E-state index contributed by atoms with van der Waals surface area (Å²) in [5.41, 5.74) is 2.81. The number of benzene rings is 2. The highest BCUT2D eigenvalue weighted by molar-refractivity contribution is 5.89. The Morgan fingerprint density at radius 3 is 2.50 bits per heavy atom. The molecule has 1 atom stereocenters. The fourth-order valence-corrected chi connectivity index (χ4v) is 2.29. The van der Waals surface area contributed by atoms with E-state index in [2.05, 4.69) is 18.8 Å². The molecular formula is C21H25NO2. The smallest absolute Gasteiger partial charge is 0.338 e. The first-order valence-electron chi connectivity index (χ1n) is 8.55. The molecule has 0 saturated heterocycles. The monoisotopic (exact) mass is 323 g/mol. The van der Waals surface area contributed by atoms with Gasteiger partial charge in [-0.15, -0.1) is 0 Å². The Hall–Kier alpha value is -2.42. The van der Waals surface area contributed by atoms with E-state index >= 15 is 0 Å². The number of carbonyl (C=O) groups excluding carboxylic acids is 1. The van der Waals surface area contributed by atoms with Crippen molar-refractivity contribution in [2.24, 2.45) is 4.99 Å². The molecule has 0 bridgehead atoms. The number of hydrogen-bond donors (Lipinski definition) is 0. The minimum absolute atomic E-state index is 0.259. The largest absolute Gasteiger partial charge is 0.462 e. The number of carbonyl (C=O) groups is 1. The molecule has 2 rings (SSSR count). The van der Waals surface area contributed by atoms with E-state index in [9.17, 15) is 4.79 Å².